The van der Waals surface area contributed by atoms with E-state index >= 15 is 0 Å². The van der Waals surface area contributed by atoms with Crippen LogP contribution in [-0.2, 0) is 32.6 Å². The number of amides is 2. The Morgan fingerprint density at radius 1 is 1.00 bits per heavy atom. The number of rotatable bonds is 14. The number of carbonyl (C=O) groups excluding carboxylic acids is 2. The highest BCUT2D eigenvalue weighted by Gasteiger charge is 2.33. The zero-order valence-electron chi connectivity index (χ0n) is 23.2. The van der Waals surface area contributed by atoms with E-state index in [9.17, 15) is 28.1 Å². The predicted molar refractivity (Wildman–Crippen MR) is 156 cm³/mol. The van der Waals surface area contributed by atoms with Crippen LogP contribution >= 0.6 is 0 Å². The Kier molecular flexibility index (Phi) is 10.8. The summed E-state index contributed by atoms with van der Waals surface area (Å²) in [6, 6.07) is 20.3. The highest BCUT2D eigenvalue weighted by Crippen LogP contribution is 2.25. The van der Waals surface area contributed by atoms with Gasteiger partial charge in [-0.3, -0.25) is 24.0 Å². The Labute approximate surface area is 239 Å². The second-order valence-corrected chi connectivity index (χ2v) is 11.3. The Hall–Kier alpha value is -4.45. The van der Waals surface area contributed by atoms with Crippen LogP contribution in [-0.4, -0.2) is 62.6 Å². The molecule has 0 radical (unpaired) electrons. The molecule has 1 N–H and O–H groups in total. The molecular weight excluding hydrogens is 548 g/mol. The summed E-state index contributed by atoms with van der Waals surface area (Å²) in [5.74, 6) is -0.482. The van der Waals surface area contributed by atoms with Crippen LogP contribution in [0.15, 0.2) is 78.9 Å². The zero-order valence-corrected chi connectivity index (χ0v) is 24.0. The van der Waals surface area contributed by atoms with E-state index in [0.717, 1.165) is 22.2 Å². The van der Waals surface area contributed by atoms with E-state index in [2.05, 4.69) is 5.32 Å². The fourth-order valence-corrected chi connectivity index (χ4v) is 5.10. The standard InChI is InChI=1S/C29H34N4O7S/c1-4-16-30-29(35)27(18-22-10-6-5-7-11-22)31(20-23-12-8-15-26(17-23)40-2)28(34)21-32(41(3,38)39)24-13-9-14-25(19-24)33(36)37/h5-15,17,19,27H,4,16,18,20-21H2,1-3H3,(H,30,35)/t27-/m0/s1. The molecule has 12 heteroatoms. The number of nitro benzene ring substituents is 1. The molecule has 0 bridgehead atoms. The maximum absolute atomic E-state index is 14.0. The summed E-state index contributed by atoms with van der Waals surface area (Å²) in [7, 11) is -2.53. The van der Waals surface area contributed by atoms with Gasteiger partial charge in [-0.05, 0) is 35.7 Å². The molecule has 0 saturated heterocycles. The van der Waals surface area contributed by atoms with Gasteiger partial charge in [0.1, 0.15) is 18.3 Å². The molecule has 0 aliphatic rings. The molecule has 11 nitrogen and oxygen atoms in total. The molecule has 0 saturated carbocycles. The van der Waals surface area contributed by atoms with Crippen molar-refractivity contribution in [3.8, 4) is 5.75 Å². The van der Waals surface area contributed by atoms with Crippen LogP contribution in [0.1, 0.15) is 24.5 Å². The molecule has 3 rings (SSSR count). The third-order valence-corrected chi connectivity index (χ3v) is 7.46. The summed E-state index contributed by atoms with van der Waals surface area (Å²) in [6.45, 7) is 1.62. The number of anilines is 1. The smallest absolute Gasteiger partial charge is 0.271 e. The monoisotopic (exact) mass is 582 g/mol. The van der Waals surface area contributed by atoms with Crippen LogP contribution in [0.5, 0.6) is 5.75 Å². The number of hydrogen-bond acceptors (Lipinski definition) is 7. The summed E-state index contributed by atoms with van der Waals surface area (Å²) in [6.07, 6.45) is 1.78. The summed E-state index contributed by atoms with van der Waals surface area (Å²) >= 11 is 0. The first-order valence-corrected chi connectivity index (χ1v) is 14.8. The lowest BCUT2D eigenvalue weighted by Crippen LogP contribution is -2.53. The van der Waals surface area contributed by atoms with Gasteiger partial charge in [0.2, 0.25) is 21.8 Å². The van der Waals surface area contributed by atoms with Gasteiger partial charge < -0.3 is 15.0 Å². The molecule has 2 amide bonds. The molecule has 0 aliphatic carbocycles. The first-order valence-electron chi connectivity index (χ1n) is 13.0. The first kappa shape index (κ1) is 31.1. The van der Waals surface area contributed by atoms with Crippen molar-refractivity contribution in [2.75, 3.05) is 30.8 Å². The lowest BCUT2D eigenvalue weighted by Gasteiger charge is -2.33. The van der Waals surface area contributed by atoms with Crippen LogP contribution in [0.3, 0.4) is 0 Å². The van der Waals surface area contributed by atoms with Gasteiger partial charge in [-0.25, -0.2) is 8.42 Å². The number of ether oxygens (including phenoxy) is 1. The van der Waals surface area contributed by atoms with Gasteiger partial charge in [-0.15, -0.1) is 0 Å². The maximum Gasteiger partial charge on any atom is 0.271 e. The largest absolute Gasteiger partial charge is 0.497 e. The van der Waals surface area contributed by atoms with Crippen LogP contribution < -0.4 is 14.4 Å². The van der Waals surface area contributed by atoms with E-state index < -0.39 is 33.4 Å². The van der Waals surface area contributed by atoms with Crippen molar-refractivity contribution in [3.05, 3.63) is 100 Å². The lowest BCUT2D eigenvalue weighted by molar-refractivity contribution is -0.384. The van der Waals surface area contributed by atoms with Crippen molar-refractivity contribution >= 4 is 33.2 Å². The van der Waals surface area contributed by atoms with E-state index in [1.807, 2.05) is 37.3 Å². The van der Waals surface area contributed by atoms with Crippen molar-refractivity contribution in [1.82, 2.24) is 10.2 Å². The topological polar surface area (TPSA) is 139 Å². The molecule has 3 aromatic carbocycles. The molecular formula is C29H34N4O7S. The average Bonchev–Trinajstić information content (AvgIpc) is 2.96. The first-order chi connectivity index (χ1) is 19.5. The van der Waals surface area contributed by atoms with Crippen LogP contribution in [0.2, 0.25) is 0 Å². The molecule has 0 spiro atoms. The molecule has 218 valence electrons. The maximum atomic E-state index is 14.0. The molecule has 0 aromatic heterocycles. The summed E-state index contributed by atoms with van der Waals surface area (Å²) in [5, 5.41) is 14.2. The number of benzene rings is 3. The minimum atomic E-state index is -4.05. The summed E-state index contributed by atoms with van der Waals surface area (Å²) < 4.78 is 31.8. The number of nitrogens with one attached hydrogen (secondary N) is 1. The van der Waals surface area contributed by atoms with Gasteiger partial charge in [-0.1, -0.05) is 55.5 Å². The number of non-ortho nitro benzene ring substituents is 1. The SMILES string of the molecule is CCCNC(=O)[C@H](Cc1ccccc1)N(Cc1cccc(OC)c1)C(=O)CN(c1cccc([N+](=O)[O-])c1)S(C)(=O)=O. The third kappa shape index (κ3) is 8.77. The van der Waals surface area contributed by atoms with Gasteiger partial charge in [0.05, 0.1) is 24.0 Å². The van der Waals surface area contributed by atoms with Gasteiger partial charge in [0, 0.05) is 31.6 Å². The molecule has 3 aromatic rings. The Bertz CT molecular complexity index is 1460. The second kappa shape index (κ2) is 14.3. The van der Waals surface area contributed by atoms with Crippen LogP contribution in [0.25, 0.3) is 0 Å². The minimum Gasteiger partial charge on any atom is -0.497 e. The fraction of sp³-hybridized carbons (Fsp3) is 0.310. The molecule has 0 aliphatic heterocycles. The number of nitro groups is 1. The van der Waals surface area contributed by atoms with Crippen molar-refractivity contribution < 1.29 is 27.7 Å². The molecule has 0 fully saturated rings. The second-order valence-electron chi connectivity index (χ2n) is 9.42. The highest BCUT2D eigenvalue weighted by atomic mass is 32.2. The minimum absolute atomic E-state index is 0.0143. The summed E-state index contributed by atoms with van der Waals surface area (Å²) in [4.78, 5) is 39.6. The fourth-order valence-electron chi connectivity index (χ4n) is 4.26. The number of methoxy groups -OCH3 is 1. The van der Waals surface area contributed by atoms with E-state index in [0.29, 0.717) is 24.3 Å². The van der Waals surface area contributed by atoms with Gasteiger partial charge in [-0.2, -0.15) is 0 Å². The van der Waals surface area contributed by atoms with Crippen molar-refractivity contribution in [2.24, 2.45) is 0 Å². The quantitative estimate of drug-likeness (QED) is 0.227. The molecule has 1 atom stereocenters. The predicted octanol–water partition coefficient (Wildman–Crippen LogP) is 3.54. The number of hydrogen-bond donors (Lipinski definition) is 1. The van der Waals surface area contributed by atoms with Gasteiger partial charge in [0.25, 0.3) is 5.69 Å². The molecule has 0 heterocycles. The number of sulfonamides is 1. The lowest BCUT2D eigenvalue weighted by atomic mass is 10.0. The summed E-state index contributed by atoms with van der Waals surface area (Å²) in [5.41, 5.74) is 1.12. The van der Waals surface area contributed by atoms with Crippen molar-refractivity contribution in [3.63, 3.8) is 0 Å². The normalized spacial score (nSPS) is 11.8. The van der Waals surface area contributed by atoms with Gasteiger partial charge in [0.15, 0.2) is 0 Å². The average molecular weight is 583 g/mol. The van der Waals surface area contributed by atoms with E-state index in [1.54, 1.807) is 24.3 Å². The Morgan fingerprint density at radius 3 is 2.32 bits per heavy atom. The number of carbonyl (C=O) groups is 2. The van der Waals surface area contributed by atoms with Crippen LogP contribution in [0.4, 0.5) is 11.4 Å². The third-order valence-electron chi connectivity index (χ3n) is 6.32. The number of nitrogens with zero attached hydrogens (tertiary/aromatic N) is 3. The highest BCUT2D eigenvalue weighted by molar-refractivity contribution is 7.92. The van der Waals surface area contributed by atoms with Crippen LogP contribution in [0, 0.1) is 10.1 Å². The van der Waals surface area contributed by atoms with E-state index in [4.69, 9.17) is 4.74 Å². The Balaban J connectivity index is 2.07. The zero-order chi connectivity index (χ0) is 30.0. The van der Waals surface area contributed by atoms with E-state index in [1.165, 1.54) is 30.2 Å². The van der Waals surface area contributed by atoms with Gasteiger partial charge >= 0.3 is 0 Å². The van der Waals surface area contributed by atoms with E-state index in [-0.39, 0.29) is 30.2 Å². The molecule has 41 heavy (non-hydrogen) atoms. The molecule has 0 unspecified atom stereocenters. The Morgan fingerprint density at radius 2 is 1.68 bits per heavy atom. The van der Waals surface area contributed by atoms with Crippen molar-refractivity contribution in [1.29, 1.82) is 0 Å². The van der Waals surface area contributed by atoms with Crippen molar-refractivity contribution in [2.45, 2.75) is 32.4 Å².